The maximum absolute atomic E-state index is 13.5. The highest BCUT2D eigenvalue weighted by Gasteiger charge is 2.43. The van der Waals surface area contributed by atoms with Crippen molar-refractivity contribution in [2.24, 2.45) is 0 Å². The summed E-state index contributed by atoms with van der Waals surface area (Å²) in [7, 11) is 0. The second kappa shape index (κ2) is 12.7. The van der Waals surface area contributed by atoms with Crippen LogP contribution in [0.2, 0.25) is 5.02 Å². The van der Waals surface area contributed by atoms with Crippen LogP contribution in [-0.2, 0) is 22.6 Å². The van der Waals surface area contributed by atoms with Gasteiger partial charge in [-0.1, -0.05) is 61.0 Å². The highest BCUT2D eigenvalue weighted by atomic mass is 35.5. The van der Waals surface area contributed by atoms with Crippen molar-refractivity contribution in [1.82, 2.24) is 9.80 Å². The molecule has 3 aromatic carbocycles. The summed E-state index contributed by atoms with van der Waals surface area (Å²) in [6.07, 6.45) is 1.59. The Morgan fingerprint density at radius 2 is 1.70 bits per heavy atom. The lowest BCUT2D eigenvalue weighted by molar-refractivity contribution is -0.131. The van der Waals surface area contributed by atoms with Gasteiger partial charge >= 0.3 is 0 Å². The van der Waals surface area contributed by atoms with Crippen LogP contribution in [0.4, 0.5) is 5.69 Å². The quantitative estimate of drug-likeness (QED) is 0.319. The molecule has 3 aromatic rings. The molecule has 0 spiro atoms. The minimum absolute atomic E-state index is 0.00102. The van der Waals surface area contributed by atoms with Gasteiger partial charge in [-0.3, -0.25) is 14.5 Å². The number of carbonyl (C=O) groups excluding carboxylic acids is 2. The molecule has 8 heteroatoms. The first kappa shape index (κ1) is 26.6. The van der Waals surface area contributed by atoms with Gasteiger partial charge in [0.1, 0.15) is 11.8 Å². The van der Waals surface area contributed by atoms with E-state index in [9.17, 15) is 9.59 Å². The Labute approximate surface area is 228 Å². The van der Waals surface area contributed by atoms with E-state index >= 15 is 0 Å². The van der Waals surface area contributed by atoms with Gasteiger partial charge in [-0.15, -0.1) is 0 Å². The molecule has 1 atom stereocenters. The number of thiocarbonyl (C=S) groups is 1. The molecule has 1 aliphatic rings. The molecule has 0 bridgehead atoms. The van der Waals surface area contributed by atoms with Crippen molar-refractivity contribution in [2.75, 3.05) is 18.5 Å². The third-order valence-corrected chi connectivity index (χ3v) is 6.84. The molecule has 0 saturated carbocycles. The van der Waals surface area contributed by atoms with E-state index in [-0.39, 0.29) is 18.2 Å². The zero-order valence-corrected chi connectivity index (χ0v) is 22.3. The number of amides is 2. The second-order valence-electron chi connectivity index (χ2n) is 8.90. The van der Waals surface area contributed by atoms with Crippen LogP contribution in [0.3, 0.4) is 0 Å². The number of hydrogen-bond donors (Lipinski definition) is 1. The molecule has 1 aliphatic heterocycles. The van der Waals surface area contributed by atoms with E-state index in [0.717, 1.165) is 23.3 Å². The summed E-state index contributed by atoms with van der Waals surface area (Å²) < 4.78 is 5.60. The molecule has 6 nitrogen and oxygen atoms in total. The van der Waals surface area contributed by atoms with Gasteiger partial charge < -0.3 is 15.0 Å². The number of ether oxygens (including phenoxy) is 1. The molecule has 4 rings (SSSR count). The molecular weight excluding hydrogens is 506 g/mol. The molecule has 0 radical (unpaired) electrons. The number of anilines is 1. The molecule has 1 saturated heterocycles. The van der Waals surface area contributed by atoms with Crippen LogP contribution in [0.15, 0.2) is 78.9 Å². The van der Waals surface area contributed by atoms with E-state index in [2.05, 4.69) is 5.32 Å². The first-order valence-corrected chi connectivity index (χ1v) is 13.2. The van der Waals surface area contributed by atoms with Crippen molar-refractivity contribution in [3.63, 3.8) is 0 Å². The molecule has 0 aliphatic carbocycles. The fourth-order valence-corrected chi connectivity index (χ4v) is 4.70. The summed E-state index contributed by atoms with van der Waals surface area (Å²) in [6.45, 7) is 3.57. The Morgan fingerprint density at radius 1 is 1.00 bits per heavy atom. The fourth-order valence-electron chi connectivity index (χ4n) is 4.20. The summed E-state index contributed by atoms with van der Waals surface area (Å²) in [5.74, 6) is 0.339. The van der Waals surface area contributed by atoms with Crippen LogP contribution in [0.25, 0.3) is 0 Å². The van der Waals surface area contributed by atoms with E-state index in [1.807, 2.05) is 78.6 Å². The number of nitrogens with zero attached hydrogens (tertiary/aromatic N) is 2. The Hall–Kier alpha value is -3.42. The highest BCUT2D eigenvalue weighted by molar-refractivity contribution is 7.80. The minimum atomic E-state index is -0.671. The summed E-state index contributed by atoms with van der Waals surface area (Å²) >= 11 is 11.8. The van der Waals surface area contributed by atoms with E-state index in [1.165, 1.54) is 0 Å². The second-order valence-corrected chi connectivity index (χ2v) is 9.70. The number of halogens is 1. The van der Waals surface area contributed by atoms with E-state index in [4.69, 9.17) is 28.6 Å². The number of rotatable bonds is 11. The van der Waals surface area contributed by atoms with Gasteiger partial charge in [0.15, 0.2) is 5.11 Å². The van der Waals surface area contributed by atoms with E-state index in [0.29, 0.717) is 41.9 Å². The van der Waals surface area contributed by atoms with Crippen LogP contribution >= 0.6 is 23.8 Å². The Kier molecular flexibility index (Phi) is 9.14. The molecule has 2 amide bonds. The average Bonchev–Trinajstić information content (AvgIpc) is 3.12. The lowest BCUT2D eigenvalue weighted by Gasteiger charge is -2.24. The van der Waals surface area contributed by atoms with Crippen molar-refractivity contribution >= 4 is 46.4 Å². The van der Waals surface area contributed by atoms with E-state index < -0.39 is 6.04 Å². The van der Waals surface area contributed by atoms with Crippen LogP contribution in [0.5, 0.6) is 5.75 Å². The van der Waals surface area contributed by atoms with Gasteiger partial charge in [0.05, 0.1) is 19.6 Å². The Balaban J connectivity index is 1.46. The zero-order valence-electron chi connectivity index (χ0n) is 20.7. The van der Waals surface area contributed by atoms with Crippen molar-refractivity contribution < 1.29 is 14.3 Å². The lowest BCUT2D eigenvalue weighted by Crippen LogP contribution is -2.39. The number of benzene rings is 3. The van der Waals surface area contributed by atoms with Crippen molar-refractivity contribution in [3.8, 4) is 5.75 Å². The predicted molar refractivity (Wildman–Crippen MR) is 151 cm³/mol. The smallest absolute Gasteiger partial charge is 0.252 e. The SMILES string of the molecule is CCCOc1ccc(NC(=O)C[C@@H]2C(=O)N(Cc3ccccc3)C(=S)N2CCc2ccc(Cl)cc2)cc1. The third-order valence-electron chi connectivity index (χ3n) is 6.13. The largest absolute Gasteiger partial charge is 0.494 e. The van der Waals surface area contributed by atoms with Gasteiger partial charge in [0.25, 0.3) is 5.91 Å². The molecule has 37 heavy (non-hydrogen) atoms. The third kappa shape index (κ3) is 7.08. The highest BCUT2D eigenvalue weighted by Crippen LogP contribution is 2.25. The first-order chi connectivity index (χ1) is 17.9. The molecule has 0 unspecified atom stereocenters. The number of nitrogens with one attached hydrogen (secondary N) is 1. The summed E-state index contributed by atoms with van der Waals surface area (Å²) in [5, 5.41) is 4.02. The summed E-state index contributed by atoms with van der Waals surface area (Å²) in [6, 6.07) is 23.9. The van der Waals surface area contributed by atoms with Gasteiger partial charge in [0, 0.05) is 17.3 Å². The topological polar surface area (TPSA) is 61.9 Å². The Morgan fingerprint density at radius 3 is 2.38 bits per heavy atom. The molecule has 0 aromatic heterocycles. The summed E-state index contributed by atoms with van der Waals surface area (Å²) in [5.41, 5.74) is 2.71. The maximum atomic E-state index is 13.5. The van der Waals surface area contributed by atoms with Crippen LogP contribution in [0, 0.1) is 0 Å². The normalized spacial score (nSPS) is 15.2. The van der Waals surface area contributed by atoms with Crippen LogP contribution in [0.1, 0.15) is 30.9 Å². The number of hydrogen-bond acceptors (Lipinski definition) is 4. The molecule has 1 N–H and O–H groups in total. The van der Waals surface area contributed by atoms with Gasteiger partial charge in [-0.2, -0.15) is 0 Å². The minimum Gasteiger partial charge on any atom is -0.494 e. The first-order valence-electron chi connectivity index (χ1n) is 12.4. The van der Waals surface area contributed by atoms with Gasteiger partial charge in [-0.05, 0) is 72.6 Å². The molecular formula is C29H30ClN3O3S. The van der Waals surface area contributed by atoms with E-state index in [1.54, 1.807) is 17.0 Å². The maximum Gasteiger partial charge on any atom is 0.252 e. The summed E-state index contributed by atoms with van der Waals surface area (Å²) in [4.78, 5) is 30.0. The Bertz CT molecular complexity index is 1220. The van der Waals surface area contributed by atoms with Gasteiger partial charge in [-0.25, -0.2) is 0 Å². The number of carbonyl (C=O) groups is 2. The van der Waals surface area contributed by atoms with Gasteiger partial charge in [0.2, 0.25) is 5.91 Å². The standard InChI is InChI=1S/C29H30ClN3O3S/c1-2-18-36-25-14-12-24(13-15-25)31-27(34)19-26-28(35)33(20-22-6-4-3-5-7-22)29(37)32(26)17-16-21-8-10-23(30)11-9-21/h3-15,26H,2,16-20H2,1H3,(H,31,34)/t26-/m1/s1. The van der Waals surface area contributed by atoms with Crippen molar-refractivity contribution in [2.45, 2.75) is 38.8 Å². The van der Waals surface area contributed by atoms with Crippen LogP contribution < -0.4 is 10.1 Å². The van der Waals surface area contributed by atoms with Crippen molar-refractivity contribution in [1.29, 1.82) is 0 Å². The fraction of sp³-hybridized carbons (Fsp3) is 0.276. The zero-order chi connectivity index (χ0) is 26.2. The van der Waals surface area contributed by atoms with Crippen molar-refractivity contribution in [3.05, 3.63) is 95.0 Å². The van der Waals surface area contributed by atoms with Crippen LogP contribution in [-0.4, -0.2) is 45.9 Å². The predicted octanol–water partition coefficient (Wildman–Crippen LogP) is 5.70. The average molecular weight is 536 g/mol. The molecule has 1 heterocycles. The molecule has 192 valence electrons. The monoisotopic (exact) mass is 535 g/mol. The molecule has 1 fully saturated rings. The lowest BCUT2D eigenvalue weighted by atomic mass is 10.1.